The standard InChI is InChI=1S/C21H15ClFN3/c22-16-12-15(5-7-17(16)23)21-20(19-4-2-10-26(19)25-21)14-6-8-18-13(11-14)3-1-9-24-18/h1,3,5-9,11-12H,2,4,10H2. The molecule has 0 saturated carbocycles. The van der Waals surface area contributed by atoms with Gasteiger partial charge in [-0.2, -0.15) is 5.10 Å². The Balaban J connectivity index is 1.75. The van der Waals surface area contributed by atoms with Gasteiger partial charge in [0, 0.05) is 34.9 Å². The van der Waals surface area contributed by atoms with Gasteiger partial charge in [-0.25, -0.2) is 4.39 Å². The van der Waals surface area contributed by atoms with E-state index in [0.717, 1.165) is 52.7 Å². The molecule has 2 aromatic carbocycles. The lowest BCUT2D eigenvalue weighted by atomic mass is 9.96. The van der Waals surface area contributed by atoms with Crippen LogP contribution in [0.15, 0.2) is 54.7 Å². The predicted octanol–water partition coefficient (Wildman–Crippen LogP) is 5.50. The molecule has 5 heteroatoms. The maximum absolute atomic E-state index is 13.6. The Hall–Kier alpha value is -2.72. The summed E-state index contributed by atoms with van der Waals surface area (Å²) < 4.78 is 15.7. The second kappa shape index (κ2) is 5.92. The zero-order valence-corrected chi connectivity index (χ0v) is 14.7. The Morgan fingerprint density at radius 3 is 2.81 bits per heavy atom. The van der Waals surface area contributed by atoms with Crippen molar-refractivity contribution in [2.75, 3.05) is 0 Å². The van der Waals surface area contributed by atoms with Crippen LogP contribution < -0.4 is 0 Å². The fourth-order valence-electron chi connectivity index (χ4n) is 3.71. The van der Waals surface area contributed by atoms with Gasteiger partial charge < -0.3 is 0 Å². The molecule has 1 aliphatic rings. The summed E-state index contributed by atoms with van der Waals surface area (Å²) in [5.74, 6) is -0.416. The van der Waals surface area contributed by atoms with Crippen LogP contribution in [0, 0.1) is 5.82 Å². The van der Waals surface area contributed by atoms with E-state index >= 15 is 0 Å². The maximum atomic E-state index is 13.6. The minimum absolute atomic E-state index is 0.115. The Morgan fingerprint density at radius 1 is 1.04 bits per heavy atom. The molecule has 0 fully saturated rings. The van der Waals surface area contributed by atoms with E-state index in [-0.39, 0.29) is 5.02 Å². The summed E-state index contributed by atoms with van der Waals surface area (Å²) >= 11 is 6.02. The van der Waals surface area contributed by atoms with E-state index in [1.807, 2.05) is 12.1 Å². The molecule has 0 amide bonds. The molecule has 0 N–H and O–H groups in total. The Labute approximate surface area is 155 Å². The molecule has 3 heterocycles. The van der Waals surface area contributed by atoms with Gasteiger partial charge in [-0.1, -0.05) is 23.7 Å². The van der Waals surface area contributed by atoms with Crippen molar-refractivity contribution in [3.8, 4) is 22.4 Å². The molecule has 0 bridgehead atoms. The third-order valence-electron chi connectivity index (χ3n) is 4.93. The van der Waals surface area contributed by atoms with Crippen molar-refractivity contribution in [3.63, 3.8) is 0 Å². The summed E-state index contributed by atoms with van der Waals surface area (Å²) in [5, 5.41) is 6.01. The molecule has 0 saturated heterocycles. The number of rotatable bonds is 2. The van der Waals surface area contributed by atoms with Gasteiger partial charge in [-0.3, -0.25) is 9.67 Å². The summed E-state index contributed by atoms with van der Waals surface area (Å²) in [4.78, 5) is 4.40. The lowest BCUT2D eigenvalue weighted by Gasteiger charge is -2.08. The number of halogens is 2. The minimum atomic E-state index is -0.416. The summed E-state index contributed by atoms with van der Waals surface area (Å²) in [7, 11) is 0. The second-order valence-electron chi connectivity index (χ2n) is 6.54. The van der Waals surface area contributed by atoms with E-state index in [1.165, 1.54) is 11.8 Å². The van der Waals surface area contributed by atoms with E-state index in [1.54, 1.807) is 18.3 Å². The predicted molar refractivity (Wildman–Crippen MR) is 102 cm³/mol. The lowest BCUT2D eigenvalue weighted by molar-refractivity contribution is 0.628. The van der Waals surface area contributed by atoms with Gasteiger partial charge >= 0.3 is 0 Å². The van der Waals surface area contributed by atoms with Crippen molar-refractivity contribution in [3.05, 3.63) is 71.3 Å². The first-order valence-electron chi connectivity index (χ1n) is 8.61. The van der Waals surface area contributed by atoms with Crippen molar-refractivity contribution in [1.82, 2.24) is 14.8 Å². The molecule has 0 aliphatic carbocycles. The third-order valence-corrected chi connectivity index (χ3v) is 5.22. The first-order valence-corrected chi connectivity index (χ1v) is 8.99. The van der Waals surface area contributed by atoms with Crippen molar-refractivity contribution in [1.29, 1.82) is 0 Å². The van der Waals surface area contributed by atoms with Crippen molar-refractivity contribution >= 4 is 22.5 Å². The highest BCUT2D eigenvalue weighted by molar-refractivity contribution is 6.31. The van der Waals surface area contributed by atoms with Gasteiger partial charge in [0.2, 0.25) is 0 Å². The van der Waals surface area contributed by atoms with Crippen LogP contribution >= 0.6 is 11.6 Å². The topological polar surface area (TPSA) is 30.7 Å². The molecule has 0 atom stereocenters. The van der Waals surface area contributed by atoms with Gasteiger partial charge in [0.15, 0.2) is 0 Å². The van der Waals surface area contributed by atoms with E-state index in [4.69, 9.17) is 16.7 Å². The van der Waals surface area contributed by atoms with Gasteiger partial charge in [-0.15, -0.1) is 0 Å². The lowest BCUT2D eigenvalue weighted by Crippen LogP contribution is -1.94. The van der Waals surface area contributed by atoms with Crippen LogP contribution in [-0.2, 0) is 13.0 Å². The Kier molecular flexibility index (Phi) is 3.54. The highest BCUT2D eigenvalue weighted by Gasteiger charge is 2.24. The average molecular weight is 364 g/mol. The zero-order chi connectivity index (χ0) is 17.7. The normalized spacial score (nSPS) is 13.3. The summed E-state index contributed by atoms with van der Waals surface area (Å²) in [6.45, 7) is 0.909. The molecular formula is C21H15ClFN3. The molecule has 3 nitrogen and oxygen atoms in total. The molecule has 0 spiro atoms. The molecule has 2 aromatic heterocycles. The SMILES string of the molecule is Fc1ccc(-c2nn3c(c2-c2ccc4ncccc4c2)CCC3)cc1Cl. The first kappa shape index (κ1) is 15.5. The van der Waals surface area contributed by atoms with Crippen LogP contribution in [0.5, 0.6) is 0 Å². The van der Waals surface area contributed by atoms with Gasteiger partial charge in [0.1, 0.15) is 11.5 Å². The van der Waals surface area contributed by atoms with Gasteiger partial charge in [0.05, 0.1) is 10.5 Å². The fourth-order valence-corrected chi connectivity index (χ4v) is 3.89. The second-order valence-corrected chi connectivity index (χ2v) is 6.94. The molecule has 26 heavy (non-hydrogen) atoms. The number of fused-ring (bicyclic) bond motifs is 2. The molecular weight excluding hydrogens is 349 g/mol. The van der Waals surface area contributed by atoms with Crippen LogP contribution in [-0.4, -0.2) is 14.8 Å². The Bertz CT molecular complexity index is 1150. The number of aromatic nitrogens is 3. The molecule has 128 valence electrons. The van der Waals surface area contributed by atoms with Crippen molar-refractivity contribution in [2.45, 2.75) is 19.4 Å². The summed E-state index contributed by atoms with van der Waals surface area (Å²) in [6, 6.07) is 15.1. The first-order chi connectivity index (χ1) is 12.7. The van der Waals surface area contributed by atoms with Crippen LogP contribution in [0.25, 0.3) is 33.3 Å². The van der Waals surface area contributed by atoms with Crippen molar-refractivity contribution in [2.24, 2.45) is 0 Å². The number of benzene rings is 2. The van der Waals surface area contributed by atoms with Crippen molar-refractivity contribution < 1.29 is 4.39 Å². The quantitative estimate of drug-likeness (QED) is 0.470. The van der Waals surface area contributed by atoms with Crippen LogP contribution in [0.3, 0.4) is 0 Å². The number of hydrogen-bond donors (Lipinski definition) is 0. The summed E-state index contributed by atoms with van der Waals surface area (Å²) in [6.07, 6.45) is 3.88. The third kappa shape index (κ3) is 2.41. The highest BCUT2D eigenvalue weighted by Crippen LogP contribution is 2.39. The monoisotopic (exact) mass is 363 g/mol. The molecule has 5 rings (SSSR count). The Morgan fingerprint density at radius 2 is 1.92 bits per heavy atom. The van der Waals surface area contributed by atoms with Crippen LogP contribution in [0.1, 0.15) is 12.1 Å². The average Bonchev–Trinajstić information content (AvgIpc) is 3.24. The number of hydrogen-bond acceptors (Lipinski definition) is 2. The van der Waals surface area contributed by atoms with E-state index in [9.17, 15) is 4.39 Å². The molecule has 0 radical (unpaired) electrons. The molecule has 1 aliphatic heterocycles. The zero-order valence-electron chi connectivity index (χ0n) is 13.9. The smallest absolute Gasteiger partial charge is 0.141 e. The highest BCUT2D eigenvalue weighted by atomic mass is 35.5. The largest absolute Gasteiger partial charge is 0.268 e. The fraction of sp³-hybridized carbons (Fsp3) is 0.143. The van der Waals surface area contributed by atoms with Gasteiger partial charge in [0.25, 0.3) is 0 Å². The van der Waals surface area contributed by atoms with Crippen LogP contribution in [0.2, 0.25) is 5.02 Å². The van der Waals surface area contributed by atoms with E-state index in [0.29, 0.717) is 0 Å². The number of nitrogens with zero attached hydrogens (tertiary/aromatic N) is 3. The van der Waals surface area contributed by atoms with Crippen LogP contribution in [0.4, 0.5) is 4.39 Å². The van der Waals surface area contributed by atoms with E-state index in [2.05, 4.69) is 27.9 Å². The van der Waals surface area contributed by atoms with E-state index < -0.39 is 5.82 Å². The summed E-state index contributed by atoms with van der Waals surface area (Å²) in [5.41, 5.74) is 6.08. The number of aryl methyl sites for hydroxylation is 1. The molecule has 4 aromatic rings. The van der Waals surface area contributed by atoms with Gasteiger partial charge in [-0.05, 0) is 54.8 Å². The minimum Gasteiger partial charge on any atom is -0.268 e. The molecule has 0 unspecified atom stereocenters. The maximum Gasteiger partial charge on any atom is 0.141 e. The number of pyridine rings is 1.